The van der Waals surface area contributed by atoms with Crippen molar-refractivity contribution in [3.05, 3.63) is 34.2 Å². The van der Waals surface area contributed by atoms with Gasteiger partial charge in [0.1, 0.15) is 5.42 Å². The van der Waals surface area contributed by atoms with E-state index in [0.717, 1.165) is 29.2 Å². The molecule has 5 heteroatoms. The number of hydrogen-bond donors (Lipinski definition) is 2. The van der Waals surface area contributed by atoms with E-state index in [1.54, 1.807) is 13.0 Å². The summed E-state index contributed by atoms with van der Waals surface area (Å²) in [6, 6.07) is 1.75. The minimum absolute atomic E-state index is 0.0998. The third-order valence-electron chi connectivity index (χ3n) is 3.92. The lowest BCUT2D eigenvalue weighted by molar-refractivity contribution is 0.0488. The van der Waals surface area contributed by atoms with Crippen molar-refractivity contribution in [2.24, 2.45) is 5.41 Å². The van der Waals surface area contributed by atoms with Crippen LogP contribution in [0, 0.1) is 5.41 Å². The lowest BCUT2D eigenvalue weighted by Crippen LogP contribution is -2.35. The number of fused-ring (bicyclic) bond motifs is 3. The average Bonchev–Trinajstić information content (AvgIpc) is 2.84. The second-order valence-corrected chi connectivity index (χ2v) is 5.11. The van der Waals surface area contributed by atoms with E-state index in [9.17, 15) is 4.79 Å². The fourth-order valence-corrected chi connectivity index (χ4v) is 2.81. The highest BCUT2D eigenvalue weighted by atomic mass is 16.5. The van der Waals surface area contributed by atoms with Crippen molar-refractivity contribution >= 4 is 17.7 Å². The van der Waals surface area contributed by atoms with Crippen LogP contribution >= 0.6 is 0 Å². The molecule has 0 unspecified atom stereocenters. The number of furan rings is 1. The van der Waals surface area contributed by atoms with Gasteiger partial charge in [0.05, 0.1) is 12.3 Å². The van der Waals surface area contributed by atoms with Gasteiger partial charge in [0, 0.05) is 28.5 Å². The Morgan fingerprint density at radius 2 is 2.37 bits per heavy atom. The summed E-state index contributed by atoms with van der Waals surface area (Å²) in [5.74, 6) is -0.145. The van der Waals surface area contributed by atoms with Gasteiger partial charge in [-0.2, -0.15) is 0 Å². The van der Waals surface area contributed by atoms with Gasteiger partial charge in [-0.05, 0) is 25.8 Å². The molecule has 0 saturated heterocycles. The smallest absolute Gasteiger partial charge is 0.374 e. The lowest BCUT2D eigenvalue weighted by atomic mass is 9.90. The summed E-state index contributed by atoms with van der Waals surface area (Å²) < 4.78 is 10.6. The van der Waals surface area contributed by atoms with Gasteiger partial charge in [-0.15, -0.1) is 0 Å². The monoisotopic (exact) mass is 258 g/mol. The van der Waals surface area contributed by atoms with E-state index in [2.05, 4.69) is 16.9 Å². The van der Waals surface area contributed by atoms with Gasteiger partial charge in [0.2, 0.25) is 5.76 Å². The fourth-order valence-electron chi connectivity index (χ4n) is 2.81. The van der Waals surface area contributed by atoms with Gasteiger partial charge in [0.25, 0.3) is 0 Å². The number of esters is 1. The van der Waals surface area contributed by atoms with E-state index in [1.165, 1.54) is 5.57 Å². The van der Waals surface area contributed by atoms with E-state index in [1.807, 2.05) is 6.20 Å². The average molecular weight is 258 g/mol. The Morgan fingerprint density at radius 1 is 1.53 bits per heavy atom. The molecule has 1 saturated carbocycles. The normalized spacial score (nSPS) is 20.7. The molecule has 0 bridgehead atoms. The molecule has 0 aromatic carbocycles. The first-order valence-electron chi connectivity index (χ1n) is 6.50. The maximum absolute atomic E-state index is 11.7. The van der Waals surface area contributed by atoms with Crippen LogP contribution in [-0.4, -0.2) is 12.6 Å². The predicted molar refractivity (Wildman–Crippen MR) is 67.8 cm³/mol. The molecule has 0 amide bonds. The number of carbonyl (C=O) groups excluding carboxylic acids is 1. The molecule has 0 radical (unpaired) electrons. The van der Waals surface area contributed by atoms with Crippen molar-refractivity contribution < 1.29 is 13.9 Å². The minimum atomic E-state index is -0.410. The zero-order chi connectivity index (χ0) is 13.0. The van der Waals surface area contributed by atoms with Crippen LogP contribution in [0.25, 0.3) is 11.8 Å². The van der Waals surface area contributed by atoms with Crippen LogP contribution in [0.1, 0.15) is 30.3 Å². The zero-order valence-corrected chi connectivity index (χ0v) is 10.6. The quantitative estimate of drug-likeness (QED) is 0.738. The maximum Gasteiger partial charge on any atom is 0.374 e. The molecule has 1 aromatic rings. The zero-order valence-electron chi connectivity index (χ0n) is 10.6. The molecule has 98 valence electrons. The number of rotatable bonds is 2. The highest BCUT2D eigenvalue weighted by Gasteiger charge is 2.48. The van der Waals surface area contributed by atoms with Crippen LogP contribution in [0.15, 0.2) is 22.3 Å². The van der Waals surface area contributed by atoms with Gasteiger partial charge in [-0.1, -0.05) is 0 Å². The van der Waals surface area contributed by atoms with Crippen LogP contribution in [0.2, 0.25) is 0 Å². The molecule has 1 fully saturated rings. The summed E-state index contributed by atoms with van der Waals surface area (Å²) >= 11 is 0. The number of nitrogens with one attached hydrogen (secondary N) is 2. The summed E-state index contributed by atoms with van der Waals surface area (Å²) in [6.07, 6.45) is 6.38. The second-order valence-electron chi connectivity index (χ2n) is 5.11. The Hall–Kier alpha value is -2.17. The van der Waals surface area contributed by atoms with E-state index in [4.69, 9.17) is 9.15 Å². The molecule has 2 N–H and O–H groups in total. The molecule has 2 aliphatic carbocycles. The van der Waals surface area contributed by atoms with Crippen molar-refractivity contribution in [1.29, 1.82) is 0 Å². The Labute approximate surface area is 109 Å². The molecule has 2 heterocycles. The first-order chi connectivity index (χ1) is 9.23. The predicted octanol–water partition coefficient (Wildman–Crippen LogP) is 0.130. The van der Waals surface area contributed by atoms with Crippen LogP contribution in [-0.2, 0) is 4.74 Å². The molecule has 0 atom stereocenters. The van der Waals surface area contributed by atoms with Crippen molar-refractivity contribution in [3.63, 3.8) is 0 Å². The molecule has 1 spiro atoms. The number of hydrazine groups is 1. The molecule has 5 nitrogen and oxygen atoms in total. The Morgan fingerprint density at radius 3 is 3.11 bits per heavy atom. The minimum Gasteiger partial charge on any atom is -0.460 e. The first-order valence-corrected chi connectivity index (χ1v) is 6.50. The summed E-state index contributed by atoms with van der Waals surface area (Å²) in [4.78, 5) is 11.7. The van der Waals surface area contributed by atoms with E-state index >= 15 is 0 Å². The lowest BCUT2D eigenvalue weighted by Gasteiger charge is -2.15. The molecule has 1 aliphatic heterocycles. The summed E-state index contributed by atoms with van der Waals surface area (Å²) in [5.41, 5.74) is 9.32. The first kappa shape index (κ1) is 10.7. The Kier molecular flexibility index (Phi) is 1.94. The Bertz CT molecular complexity index is 722. The number of carbonyl (C=O) groups is 1. The largest absolute Gasteiger partial charge is 0.460 e. The van der Waals surface area contributed by atoms with Crippen LogP contribution in [0.3, 0.4) is 0 Å². The SMILES string of the molecule is CCOC(=O)c1cc2c(o1)=CC1(CC1)C1=CNNC=21. The maximum atomic E-state index is 11.7. The van der Waals surface area contributed by atoms with Gasteiger partial charge in [-0.3, -0.25) is 0 Å². The van der Waals surface area contributed by atoms with Crippen LogP contribution < -0.4 is 21.5 Å². The molecule has 3 aliphatic rings. The topological polar surface area (TPSA) is 63.5 Å². The van der Waals surface area contributed by atoms with Crippen LogP contribution in [0.5, 0.6) is 0 Å². The van der Waals surface area contributed by atoms with E-state index in [-0.39, 0.29) is 11.2 Å². The van der Waals surface area contributed by atoms with Crippen LogP contribution in [0.4, 0.5) is 0 Å². The van der Waals surface area contributed by atoms with Crippen molar-refractivity contribution in [2.45, 2.75) is 19.8 Å². The molecular weight excluding hydrogens is 244 g/mol. The number of hydrogen-bond acceptors (Lipinski definition) is 5. The van der Waals surface area contributed by atoms with E-state index < -0.39 is 5.97 Å². The molecule has 19 heavy (non-hydrogen) atoms. The van der Waals surface area contributed by atoms with Gasteiger partial charge >= 0.3 is 5.97 Å². The summed E-state index contributed by atoms with van der Waals surface area (Å²) in [6.45, 7) is 2.13. The van der Waals surface area contributed by atoms with Crippen molar-refractivity contribution in [1.82, 2.24) is 10.9 Å². The van der Waals surface area contributed by atoms with Crippen molar-refractivity contribution in [2.75, 3.05) is 6.61 Å². The van der Waals surface area contributed by atoms with Gasteiger partial charge in [-0.25, -0.2) is 4.79 Å². The molecular formula is C14H14N2O3. The highest BCUT2D eigenvalue weighted by molar-refractivity contribution is 5.87. The standard InChI is InChI=1S/C14H14N2O3/c1-2-18-13(17)10-5-8-11(19-10)6-14(3-4-14)9-7-15-16-12(8)9/h5-7,15-16H,2-4H2,1H3. The van der Waals surface area contributed by atoms with Gasteiger partial charge in [0.15, 0.2) is 0 Å². The summed E-state index contributed by atoms with van der Waals surface area (Å²) in [7, 11) is 0. The summed E-state index contributed by atoms with van der Waals surface area (Å²) in [5, 5.41) is 0.928. The van der Waals surface area contributed by atoms with E-state index in [0.29, 0.717) is 6.61 Å². The second kappa shape index (κ2) is 3.44. The highest BCUT2D eigenvalue weighted by Crippen LogP contribution is 2.56. The number of ether oxygens (including phenoxy) is 1. The Balaban J connectivity index is 1.92. The van der Waals surface area contributed by atoms with Gasteiger partial charge < -0.3 is 20.0 Å². The van der Waals surface area contributed by atoms with Crippen molar-refractivity contribution in [3.8, 4) is 0 Å². The third kappa shape index (κ3) is 1.38. The third-order valence-corrected chi connectivity index (χ3v) is 3.92. The molecule has 1 aromatic heterocycles. The fraction of sp³-hybridized carbons (Fsp3) is 0.357. The molecule has 4 rings (SSSR count).